The first kappa shape index (κ1) is 23.5. The Balaban J connectivity index is 1.82. The van der Waals surface area contributed by atoms with E-state index < -0.39 is 0 Å². The van der Waals surface area contributed by atoms with Gasteiger partial charge in [-0.2, -0.15) is 0 Å². The fourth-order valence-electron chi connectivity index (χ4n) is 3.67. The predicted molar refractivity (Wildman–Crippen MR) is 135 cm³/mol. The molecule has 0 saturated carbocycles. The maximum atomic E-state index is 13.6. The lowest BCUT2D eigenvalue weighted by Crippen LogP contribution is -2.03. The van der Waals surface area contributed by atoms with Gasteiger partial charge in [-0.25, -0.2) is 8.78 Å². The van der Waals surface area contributed by atoms with Crippen LogP contribution in [0.1, 0.15) is 15.9 Å². The van der Waals surface area contributed by atoms with E-state index in [2.05, 4.69) is 0 Å². The quantitative estimate of drug-likeness (QED) is 0.155. The van der Waals surface area contributed by atoms with Crippen LogP contribution in [-0.2, 0) is 0 Å². The van der Waals surface area contributed by atoms with Gasteiger partial charge in [0.1, 0.15) is 17.4 Å². The molecule has 4 aromatic carbocycles. The number of benzene rings is 4. The summed E-state index contributed by atoms with van der Waals surface area (Å²) in [5, 5.41) is 0. The molecule has 0 bridgehead atoms. The number of allylic oxidation sites excluding steroid dienone is 1. The number of hydrogen-bond acceptors (Lipinski definition) is 3. The van der Waals surface area contributed by atoms with Crippen LogP contribution >= 0.6 is 11.8 Å². The van der Waals surface area contributed by atoms with E-state index in [9.17, 15) is 13.6 Å². The molecule has 0 fully saturated rings. The normalized spacial score (nSPS) is 11.1. The predicted octanol–water partition coefficient (Wildman–Crippen LogP) is 7.93. The lowest BCUT2D eigenvalue weighted by atomic mass is 9.91. The van der Waals surface area contributed by atoms with Crippen LogP contribution in [0.5, 0.6) is 5.75 Å². The second-order valence-corrected chi connectivity index (χ2v) is 8.47. The van der Waals surface area contributed by atoms with Gasteiger partial charge >= 0.3 is 0 Å². The van der Waals surface area contributed by atoms with Gasteiger partial charge in [0.25, 0.3) is 0 Å². The van der Waals surface area contributed by atoms with E-state index in [1.54, 1.807) is 48.2 Å². The Morgan fingerprint density at radius 1 is 0.794 bits per heavy atom. The molecule has 0 radical (unpaired) electrons. The Morgan fingerprint density at radius 3 is 1.94 bits per heavy atom. The maximum absolute atomic E-state index is 13.6. The third kappa shape index (κ3) is 5.26. The number of thioether (sulfide) groups is 1. The average molecular weight is 473 g/mol. The second kappa shape index (κ2) is 10.5. The van der Waals surface area contributed by atoms with Crippen LogP contribution in [0.25, 0.3) is 28.3 Å². The van der Waals surface area contributed by atoms with Crippen LogP contribution in [0.3, 0.4) is 0 Å². The van der Waals surface area contributed by atoms with Crippen molar-refractivity contribution in [1.82, 2.24) is 0 Å². The summed E-state index contributed by atoms with van der Waals surface area (Å²) in [6.45, 7) is 0. The van der Waals surface area contributed by atoms with Gasteiger partial charge in [-0.15, -0.1) is 11.8 Å². The smallest absolute Gasteiger partial charge is 0.190 e. The van der Waals surface area contributed by atoms with Crippen LogP contribution < -0.4 is 4.74 Å². The van der Waals surface area contributed by atoms with Crippen molar-refractivity contribution < 1.29 is 18.3 Å². The Hall–Kier alpha value is -3.70. The van der Waals surface area contributed by atoms with Gasteiger partial charge in [-0.1, -0.05) is 42.5 Å². The highest BCUT2D eigenvalue weighted by Gasteiger charge is 2.19. The van der Waals surface area contributed by atoms with Gasteiger partial charge in [0.05, 0.1) is 12.7 Å². The third-order valence-electron chi connectivity index (χ3n) is 5.44. The summed E-state index contributed by atoms with van der Waals surface area (Å²) in [5.41, 5.74) is 4.07. The summed E-state index contributed by atoms with van der Waals surface area (Å²) in [6, 6.07) is 23.5. The molecule has 0 aliphatic heterocycles. The van der Waals surface area contributed by atoms with E-state index in [-0.39, 0.29) is 17.4 Å². The van der Waals surface area contributed by atoms with Crippen molar-refractivity contribution in [3.05, 3.63) is 114 Å². The van der Waals surface area contributed by atoms with Crippen molar-refractivity contribution in [2.75, 3.05) is 13.4 Å². The zero-order valence-electron chi connectivity index (χ0n) is 18.7. The summed E-state index contributed by atoms with van der Waals surface area (Å²) < 4.78 is 32.7. The zero-order chi connectivity index (χ0) is 24.1. The van der Waals surface area contributed by atoms with Crippen molar-refractivity contribution in [3.8, 4) is 28.0 Å². The van der Waals surface area contributed by atoms with Crippen LogP contribution in [0, 0.1) is 11.6 Å². The van der Waals surface area contributed by atoms with Gasteiger partial charge in [-0.05, 0) is 88.7 Å². The summed E-state index contributed by atoms with van der Waals surface area (Å²) >= 11 is 1.65. The Labute approximate surface area is 201 Å². The van der Waals surface area contributed by atoms with E-state index in [0.29, 0.717) is 22.4 Å². The average Bonchev–Trinajstić information content (AvgIpc) is 2.87. The van der Waals surface area contributed by atoms with E-state index in [1.807, 2.05) is 36.6 Å². The van der Waals surface area contributed by atoms with Crippen LogP contribution in [0.4, 0.5) is 8.78 Å². The first-order chi connectivity index (χ1) is 16.5. The number of methoxy groups -OCH3 is 1. The van der Waals surface area contributed by atoms with Gasteiger partial charge in [0.15, 0.2) is 5.78 Å². The first-order valence-corrected chi connectivity index (χ1v) is 11.8. The maximum Gasteiger partial charge on any atom is 0.190 e. The second-order valence-electron chi connectivity index (χ2n) is 7.59. The molecule has 0 aliphatic rings. The highest BCUT2D eigenvalue weighted by atomic mass is 32.2. The fraction of sp³-hybridized carbons (Fsp3) is 0.0690. The number of hydrogen-bond donors (Lipinski definition) is 0. The van der Waals surface area contributed by atoms with E-state index in [0.717, 1.165) is 21.6 Å². The summed E-state index contributed by atoms with van der Waals surface area (Å²) in [7, 11) is 1.50. The molecule has 4 aromatic rings. The van der Waals surface area contributed by atoms with Gasteiger partial charge in [0.2, 0.25) is 0 Å². The number of carbonyl (C=O) groups excluding carboxylic acids is 1. The molecule has 0 amide bonds. The monoisotopic (exact) mass is 472 g/mol. The molecule has 0 heterocycles. The lowest BCUT2D eigenvalue weighted by molar-refractivity contribution is 0.104. The van der Waals surface area contributed by atoms with Crippen LogP contribution in [0.2, 0.25) is 0 Å². The third-order valence-corrected chi connectivity index (χ3v) is 6.19. The minimum absolute atomic E-state index is 0.240. The molecule has 34 heavy (non-hydrogen) atoms. The summed E-state index contributed by atoms with van der Waals surface area (Å²) in [6.07, 6.45) is 5.28. The van der Waals surface area contributed by atoms with Crippen molar-refractivity contribution in [1.29, 1.82) is 0 Å². The zero-order valence-corrected chi connectivity index (χ0v) is 19.5. The highest BCUT2D eigenvalue weighted by Crippen LogP contribution is 2.37. The molecular formula is C29H22F2O2S. The number of ketones is 1. The molecule has 170 valence electrons. The molecule has 0 aliphatic carbocycles. The highest BCUT2D eigenvalue weighted by molar-refractivity contribution is 7.98. The van der Waals surface area contributed by atoms with Gasteiger partial charge < -0.3 is 4.74 Å². The molecule has 0 aromatic heterocycles. The Morgan fingerprint density at radius 2 is 1.38 bits per heavy atom. The molecule has 0 saturated heterocycles. The van der Waals surface area contributed by atoms with E-state index in [4.69, 9.17) is 4.74 Å². The SMILES string of the molecule is COc1cc(-c2ccc(F)cc2)cc(-c2ccc(F)cc2)c1C(=O)C=Cc1ccc(SC)cc1. The first-order valence-electron chi connectivity index (χ1n) is 10.6. The van der Waals surface area contributed by atoms with E-state index in [1.165, 1.54) is 37.5 Å². The number of carbonyl (C=O) groups is 1. The van der Waals surface area contributed by atoms with Crippen molar-refractivity contribution in [2.45, 2.75) is 4.90 Å². The molecule has 2 nitrogen and oxygen atoms in total. The van der Waals surface area contributed by atoms with Crippen LogP contribution in [0.15, 0.2) is 95.9 Å². The molecule has 0 N–H and O–H groups in total. The minimum Gasteiger partial charge on any atom is -0.496 e. The molecule has 0 unspecified atom stereocenters. The van der Waals surface area contributed by atoms with E-state index >= 15 is 0 Å². The summed E-state index contributed by atoms with van der Waals surface area (Å²) in [4.78, 5) is 14.5. The van der Waals surface area contributed by atoms with Crippen molar-refractivity contribution in [2.24, 2.45) is 0 Å². The molecule has 0 atom stereocenters. The molecular weight excluding hydrogens is 450 g/mol. The molecule has 4 rings (SSSR count). The number of halogens is 2. The number of rotatable bonds is 7. The van der Waals surface area contributed by atoms with Crippen molar-refractivity contribution in [3.63, 3.8) is 0 Å². The number of ether oxygens (including phenoxy) is 1. The summed E-state index contributed by atoms with van der Waals surface area (Å²) in [5.74, 6) is -0.562. The lowest BCUT2D eigenvalue weighted by Gasteiger charge is -2.15. The van der Waals surface area contributed by atoms with Gasteiger partial charge in [0, 0.05) is 4.90 Å². The minimum atomic E-state index is -0.369. The largest absolute Gasteiger partial charge is 0.496 e. The standard InChI is InChI=1S/C29H22F2O2S/c1-33-28-18-22(20-6-10-23(30)11-7-20)17-26(21-8-12-24(31)13-9-21)29(28)27(32)16-5-19-3-14-25(34-2)15-4-19/h3-18H,1-2H3. The topological polar surface area (TPSA) is 26.3 Å². The Bertz CT molecular complexity index is 1330. The van der Waals surface area contributed by atoms with Crippen molar-refractivity contribution >= 4 is 23.6 Å². The molecule has 5 heteroatoms. The van der Waals surface area contributed by atoms with Crippen LogP contribution in [-0.4, -0.2) is 19.1 Å². The van der Waals surface area contributed by atoms with Gasteiger partial charge in [-0.3, -0.25) is 4.79 Å². The molecule has 0 spiro atoms. The Kier molecular flexibility index (Phi) is 7.24. The fourth-order valence-corrected chi connectivity index (χ4v) is 4.08.